The smallest absolute Gasteiger partial charge is 0.251 e. The molecule has 18 nitrogen and oxygen atoms in total. The van der Waals surface area contributed by atoms with E-state index >= 15 is 0 Å². The summed E-state index contributed by atoms with van der Waals surface area (Å²) < 4.78 is 6.65. The maximum absolute atomic E-state index is 14.4. The SMILES string of the molecule is C[C@@H]1C[C@@H](O)c2ncnc(N3CCN(C(=O)[C@H](CNCCNC(=O)CN4CCC(OC5CCN(C(=O)[C@H](NC(=O)c6cccc(C7CCCN(C(=O)CNC8CC8)C7)c6)C6CCCCC6)CC5)CC4)c4ccc(Cl)cc4)CC3)c21. The fourth-order valence-electron chi connectivity index (χ4n) is 13.2. The molecule has 7 aliphatic rings. The van der Waals surface area contributed by atoms with Gasteiger partial charge in [0, 0.05) is 113 Å². The van der Waals surface area contributed by atoms with Crippen molar-refractivity contribution >= 4 is 47.0 Å². The molecule has 3 aromatic rings. The lowest BCUT2D eigenvalue weighted by atomic mass is 9.83. The van der Waals surface area contributed by atoms with Crippen LogP contribution in [0.3, 0.4) is 0 Å². The highest BCUT2D eigenvalue weighted by atomic mass is 35.5. The minimum atomic E-state index is -0.574. The quantitative estimate of drug-likeness (QED) is 0.0935. The van der Waals surface area contributed by atoms with Crippen LogP contribution in [0.1, 0.15) is 153 Å². The predicted octanol–water partition coefficient (Wildman–Crippen LogP) is 5.12. The van der Waals surface area contributed by atoms with Crippen molar-refractivity contribution in [2.45, 2.75) is 145 Å². The van der Waals surface area contributed by atoms with E-state index in [2.05, 4.69) is 54.0 Å². The van der Waals surface area contributed by atoms with E-state index < -0.39 is 18.1 Å². The lowest BCUT2D eigenvalue weighted by molar-refractivity contribution is -0.139. The number of ether oxygens (including phenoxy) is 1. The predicted molar refractivity (Wildman–Crippen MR) is 303 cm³/mol. The average Bonchev–Trinajstić information content (AvgIpc) is 4.35. The van der Waals surface area contributed by atoms with E-state index in [1.165, 1.54) is 6.33 Å². The van der Waals surface area contributed by atoms with Gasteiger partial charge in [-0.15, -0.1) is 0 Å². The Bertz CT molecular complexity index is 2560. The van der Waals surface area contributed by atoms with Crippen molar-refractivity contribution in [2.75, 3.05) is 103 Å². The molecule has 19 heteroatoms. The van der Waals surface area contributed by atoms with Crippen LogP contribution < -0.4 is 26.2 Å². The molecule has 0 bridgehead atoms. The van der Waals surface area contributed by atoms with Crippen LogP contribution in [0.25, 0.3) is 0 Å². The van der Waals surface area contributed by atoms with E-state index in [1.54, 1.807) is 0 Å². The number of piperazine rings is 1. The first-order chi connectivity index (χ1) is 38.4. The zero-order chi connectivity index (χ0) is 54.8. The molecule has 3 aliphatic carbocycles. The van der Waals surface area contributed by atoms with Gasteiger partial charge in [-0.3, -0.25) is 28.9 Å². The van der Waals surface area contributed by atoms with E-state index in [1.807, 2.05) is 57.2 Å². The highest BCUT2D eigenvalue weighted by molar-refractivity contribution is 6.30. The number of likely N-dealkylation sites (tertiary alicyclic amines) is 3. The maximum atomic E-state index is 14.4. The van der Waals surface area contributed by atoms with Gasteiger partial charge >= 0.3 is 0 Å². The van der Waals surface area contributed by atoms with Crippen molar-refractivity contribution in [3.05, 3.63) is 87.8 Å². The zero-order valence-electron chi connectivity index (χ0n) is 46.3. The molecule has 2 saturated carbocycles. The number of hydrogen-bond acceptors (Lipinski definition) is 13. The number of piperidine rings is 3. The van der Waals surface area contributed by atoms with Crippen LogP contribution in [0.4, 0.5) is 5.82 Å². The number of aliphatic hydroxyl groups is 1. The Kier molecular flexibility index (Phi) is 19.5. The molecule has 5 atom stereocenters. The molecule has 5 amide bonds. The minimum Gasteiger partial charge on any atom is -0.387 e. The Balaban J connectivity index is 0.629. The number of aromatic nitrogens is 2. The number of nitrogens with zero attached hydrogens (tertiary/aromatic N) is 7. The van der Waals surface area contributed by atoms with E-state index in [4.69, 9.17) is 16.3 Å². The molecule has 1 aromatic heterocycles. The van der Waals surface area contributed by atoms with Gasteiger partial charge in [-0.2, -0.15) is 0 Å². The summed E-state index contributed by atoms with van der Waals surface area (Å²) in [5.41, 5.74) is 4.23. The number of benzene rings is 2. The summed E-state index contributed by atoms with van der Waals surface area (Å²) in [7, 11) is 0. The number of halogens is 1. The number of fused-ring (bicyclic) bond motifs is 1. The number of anilines is 1. The van der Waals surface area contributed by atoms with Crippen LogP contribution in [-0.2, 0) is 23.9 Å². The Morgan fingerprint density at radius 1 is 0.759 bits per heavy atom. The summed E-state index contributed by atoms with van der Waals surface area (Å²) in [5, 5.41) is 24.2. The molecule has 5 heterocycles. The normalized spacial score (nSPS) is 23.5. The van der Waals surface area contributed by atoms with Crippen LogP contribution in [0, 0.1) is 5.92 Å². The maximum Gasteiger partial charge on any atom is 0.251 e. The second-order valence-corrected chi connectivity index (χ2v) is 24.0. The van der Waals surface area contributed by atoms with Crippen molar-refractivity contribution in [3.63, 3.8) is 0 Å². The third kappa shape index (κ3) is 14.8. The zero-order valence-corrected chi connectivity index (χ0v) is 47.1. The Morgan fingerprint density at radius 2 is 1.48 bits per heavy atom. The van der Waals surface area contributed by atoms with Gasteiger partial charge in [0.05, 0.1) is 43.0 Å². The van der Waals surface area contributed by atoms with Crippen LogP contribution in [-0.4, -0.2) is 187 Å². The molecule has 0 radical (unpaired) electrons. The van der Waals surface area contributed by atoms with Crippen molar-refractivity contribution in [2.24, 2.45) is 5.92 Å². The van der Waals surface area contributed by atoms with Gasteiger partial charge in [-0.1, -0.05) is 62.1 Å². The highest BCUT2D eigenvalue weighted by Gasteiger charge is 2.38. The standard InChI is InChI=1S/C60H84ClN11O7/c1-40-33-51(73)56-54(40)57(66-39-65-56)69-29-31-71(32-30-69)59(77)50(41-12-14-46(61)15-13-41)35-62-22-23-63-52(74)38-68-25-18-48(19-26-68)79-49-20-27-70(28-21-49)60(78)55(42-7-3-2-4-8-42)67-58(76)44-10-5-9-43(34-44)45-11-6-24-72(37-45)53(75)36-64-47-16-17-47/h5,9-10,12-15,34,39-40,42,45,47-51,55,62,64,73H,2-4,6-8,11,16-33,35-38H2,1H3,(H,63,74)(H,67,76)/t40-,45?,50-,51-,55-/m1/s1. The van der Waals surface area contributed by atoms with Crippen LogP contribution in [0.2, 0.25) is 5.02 Å². The number of hydrogen-bond donors (Lipinski definition) is 5. The van der Waals surface area contributed by atoms with E-state index in [9.17, 15) is 29.1 Å². The molecule has 6 fully saturated rings. The molecule has 0 spiro atoms. The van der Waals surface area contributed by atoms with Crippen molar-refractivity contribution in [1.82, 2.24) is 50.8 Å². The van der Waals surface area contributed by atoms with E-state index in [0.717, 1.165) is 126 Å². The Labute approximate surface area is 471 Å². The summed E-state index contributed by atoms with van der Waals surface area (Å²) in [6, 6.07) is 15.2. The van der Waals surface area contributed by atoms with Crippen LogP contribution >= 0.6 is 11.6 Å². The summed E-state index contributed by atoms with van der Waals surface area (Å²) >= 11 is 6.25. The monoisotopic (exact) mass is 1110 g/mol. The number of rotatable bonds is 20. The number of nitrogens with one attached hydrogen (secondary N) is 4. The van der Waals surface area contributed by atoms with Crippen molar-refractivity contribution < 1.29 is 33.8 Å². The molecular weight excluding hydrogens is 1020 g/mol. The van der Waals surface area contributed by atoms with Gasteiger partial charge in [0.15, 0.2) is 0 Å². The molecule has 4 aliphatic heterocycles. The fraction of sp³-hybridized carbons (Fsp3) is 0.650. The summed E-state index contributed by atoms with van der Waals surface area (Å²) in [6.45, 7) is 10.6. The lowest BCUT2D eigenvalue weighted by Crippen LogP contribution is -2.55. The second kappa shape index (κ2) is 27.0. The number of amides is 5. The number of carbonyl (C=O) groups is 5. The van der Waals surface area contributed by atoms with Gasteiger partial charge in [0.1, 0.15) is 18.2 Å². The third-order valence-electron chi connectivity index (χ3n) is 17.9. The average molecular weight is 1110 g/mol. The third-order valence-corrected chi connectivity index (χ3v) is 18.2. The summed E-state index contributed by atoms with van der Waals surface area (Å²) in [4.78, 5) is 87.9. The topological polar surface area (TPSA) is 205 Å². The Morgan fingerprint density at radius 3 is 2.22 bits per heavy atom. The largest absolute Gasteiger partial charge is 0.387 e. The molecule has 2 aromatic carbocycles. The summed E-state index contributed by atoms with van der Waals surface area (Å²) in [6.07, 6.45) is 14.2. The lowest BCUT2D eigenvalue weighted by Gasteiger charge is -2.39. The van der Waals surface area contributed by atoms with E-state index in [-0.39, 0.29) is 59.5 Å². The Hall–Kier alpha value is -5.24. The van der Waals surface area contributed by atoms with Gasteiger partial charge in [0.2, 0.25) is 23.6 Å². The van der Waals surface area contributed by atoms with Gasteiger partial charge < -0.3 is 50.7 Å². The molecule has 428 valence electrons. The summed E-state index contributed by atoms with van der Waals surface area (Å²) in [5.74, 6) is 0.813. The van der Waals surface area contributed by atoms with Crippen LogP contribution in [0.5, 0.6) is 0 Å². The first-order valence-corrected chi connectivity index (χ1v) is 30.2. The molecule has 79 heavy (non-hydrogen) atoms. The molecule has 5 N–H and O–H groups in total. The highest BCUT2D eigenvalue weighted by Crippen LogP contribution is 2.43. The van der Waals surface area contributed by atoms with Crippen molar-refractivity contribution in [1.29, 1.82) is 0 Å². The molecular formula is C60H84ClN11O7. The number of aliphatic hydroxyl groups excluding tert-OH is 1. The first kappa shape index (κ1) is 57.0. The number of carbonyl (C=O) groups excluding carboxylic acids is 5. The van der Waals surface area contributed by atoms with Crippen LogP contribution in [0.15, 0.2) is 54.9 Å². The molecule has 10 rings (SSSR count). The van der Waals surface area contributed by atoms with Gasteiger partial charge in [-0.25, -0.2) is 9.97 Å². The first-order valence-electron chi connectivity index (χ1n) is 29.8. The fourth-order valence-corrected chi connectivity index (χ4v) is 13.3. The second-order valence-electron chi connectivity index (χ2n) is 23.6. The van der Waals surface area contributed by atoms with Gasteiger partial charge in [-0.05, 0) is 118 Å². The van der Waals surface area contributed by atoms with Crippen molar-refractivity contribution in [3.8, 4) is 0 Å². The molecule has 1 unspecified atom stereocenters. The molecule has 4 saturated heterocycles. The minimum absolute atomic E-state index is 0.0116. The van der Waals surface area contributed by atoms with Gasteiger partial charge in [0.25, 0.3) is 5.91 Å². The van der Waals surface area contributed by atoms with E-state index in [0.29, 0.717) is 107 Å².